The summed E-state index contributed by atoms with van der Waals surface area (Å²) < 4.78 is 0. The minimum atomic E-state index is -1.24. The maximum absolute atomic E-state index is 13.0. The zero-order valence-electron chi connectivity index (χ0n) is 18.4. The van der Waals surface area contributed by atoms with E-state index in [4.69, 9.17) is 16.6 Å². The molecule has 11 nitrogen and oxygen atoms in total. The molecule has 0 radical (unpaired) electrons. The molecule has 12 heteroatoms. The van der Waals surface area contributed by atoms with Crippen LogP contribution in [0.1, 0.15) is 24.8 Å². The zero-order valence-corrected chi connectivity index (χ0v) is 19.2. The fourth-order valence-corrected chi connectivity index (χ4v) is 3.32. The SMILES string of the molecule is CSCCC(N)C(=O)NC(CCC(N)=O)C(=O)NC(Cc1ccccc1)C(=O)NCC(=O)O. The monoisotopic (exact) mass is 481 g/mol. The first-order chi connectivity index (χ1) is 15.6. The van der Waals surface area contributed by atoms with Gasteiger partial charge in [-0.3, -0.25) is 24.0 Å². The summed E-state index contributed by atoms with van der Waals surface area (Å²) in [5.41, 5.74) is 11.8. The molecular formula is C21H31N5O6S. The van der Waals surface area contributed by atoms with Crippen LogP contribution in [0.2, 0.25) is 0 Å². The van der Waals surface area contributed by atoms with E-state index >= 15 is 0 Å². The van der Waals surface area contributed by atoms with Gasteiger partial charge >= 0.3 is 5.97 Å². The largest absolute Gasteiger partial charge is 0.480 e. The van der Waals surface area contributed by atoms with Crippen molar-refractivity contribution in [3.63, 3.8) is 0 Å². The fourth-order valence-electron chi connectivity index (χ4n) is 2.83. The molecule has 0 spiro atoms. The van der Waals surface area contributed by atoms with Gasteiger partial charge in [-0.1, -0.05) is 30.3 Å². The molecule has 0 bridgehead atoms. The van der Waals surface area contributed by atoms with E-state index in [1.54, 1.807) is 30.3 Å². The molecule has 0 saturated carbocycles. The number of carboxylic acid groups (broad SMARTS) is 1. The molecule has 0 aliphatic heterocycles. The number of nitrogens with two attached hydrogens (primary N) is 2. The van der Waals surface area contributed by atoms with Crippen molar-refractivity contribution in [3.05, 3.63) is 35.9 Å². The quantitative estimate of drug-likeness (QED) is 0.179. The van der Waals surface area contributed by atoms with E-state index in [-0.39, 0.29) is 19.3 Å². The Balaban J connectivity index is 2.98. The minimum absolute atomic E-state index is 0.0851. The molecule has 0 aliphatic rings. The molecule has 8 N–H and O–H groups in total. The Bertz CT molecular complexity index is 823. The molecule has 182 valence electrons. The number of thioether (sulfide) groups is 1. The van der Waals surface area contributed by atoms with E-state index in [1.165, 1.54) is 11.8 Å². The van der Waals surface area contributed by atoms with Crippen molar-refractivity contribution >= 4 is 41.4 Å². The van der Waals surface area contributed by atoms with Crippen molar-refractivity contribution in [2.24, 2.45) is 11.5 Å². The normalized spacial score (nSPS) is 13.3. The van der Waals surface area contributed by atoms with Crippen LogP contribution in [0, 0.1) is 0 Å². The number of carbonyl (C=O) groups is 5. The van der Waals surface area contributed by atoms with Crippen LogP contribution < -0.4 is 27.4 Å². The van der Waals surface area contributed by atoms with E-state index in [9.17, 15) is 24.0 Å². The molecular weight excluding hydrogens is 450 g/mol. The first-order valence-electron chi connectivity index (χ1n) is 10.3. The Hall–Kier alpha value is -3.12. The number of rotatable bonds is 15. The number of benzene rings is 1. The minimum Gasteiger partial charge on any atom is -0.480 e. The maximum Gasteiger partial charge on any atom is 0.322 e. The van der Waals surface area contributed by atoms with Crippen molar-refractivity contribution in [1.29, 1.82) is 0 Å². The van der Waals surface area contributed by atoms with Gasteiger partial charge in [0, 0.05) is 12.8 Å². The predicted molar refractivity (Wildman–Crippen MR) is 124 cm³/mol. The first-order valence-corrected chi connectivity index (χ1v) is 11.7. The second-order valence-electron chi connectivity index (χ2n) is 7.32. The highest BCUT2D eigenvalue weighted by atomic mass is 32.2. The summed E-state index contributed by atoms with van der Waals surface area (Å²) in [6.45, 7) is -0.619. The van der Waals surface area contributed by atoms with Gasteiger partial charge in [0.25, 0.3) is 0 Å². The lowest BCUT2D eigenvalue weighted by atomic mass is 10.0. The Kier molecular flexibility index (Phi) is 12.6. The number of hydrogen-bond acceptors (Lipinski definition) is 7. The van der Waals surface area contributed by atoms with Crippen molar-refractivity contribution in [3.8, 4) is 0 Å². The Morgan fingerprint density at radius 1 is 0.970 bits per heavy atom. The lowest BCUT2D eigenvalue weighted by molar-refractivity contribution is -0.138. The third kappa shape index (κ3) is 11.3. The molecule has 0 heterocycles. The molecule has 0 fully saturated rings. The first kappa shape index (κ1) is 27.9. The van der Waals surface area contributed by atoms with Crippen LogP contribution in [0.3, 0.4) is 0 Å². The molecule has 0 aliphatic carbocycles. The average molecular weight is 482 g/mol. The van der Waals surface area contributed by atoms with E-state index in [1.807, 2.05) is 6.26 Å². The van der Waals surface area contributed by atoms with Crippen LogP contribution in [0.5, 0.6) is 0 Å². The second-order valence-corrected chi connectivity index (χ2v) is 8.30. The fraction of sp³-hybridized carbons (Fsp3) is 0.476. The van der Waals surface area contributed by atoms with E-state index in [0.29, 0.717) is 12.2 Å². The smallest absolute Gasteiger partial charge is 0.322 e. The lowest BCUT2D eigenvalue weighted by Crippen LogP contribution is -2.56. The molecule has 33 heavy (non-hydrogen) atoms. The topological polar surface area (TPSA) is 194 Å². The summed E-state index contributed by atoms with van der Waals surface area (Å²) in [5.74, 6) is -3.23. The molecule has 0 aromatic heterocycles. The van der Waals surface area contributed by atoms with Crippen LogP contribution >= 0.6 is 11.8 Å². The summed E-state index contributed by atoms with van der Waals surface area (Å²) in [6.07, 6.45) is 2.09. The van der Waals surface area contributed by atoms with Crippen LogP contribution in [0.4, 0.5) is 0 Å². The van der Waals surface area contributed by atoms with Crippen LogP contribution in [-0.4, -0.2) is 71.4 Å². The molecule has 1 aromatic rings. The molecule has 3 unspecified atom stereocenters. The number of carbonyl (C=O) groups excluding carboxylic acids is 4. The molecule has 1 aromatic carbocycles. The van der Waals surface area contributed by atoms with Gasteiger partial charge in [0.2, 0.25) is 23.6 Å². The number of primary amides is 1. The van der Waals surface area contributed by atoms with Gasteiger partial charge in [-0.05, 0) is 30.4 Å². The number of hydrogen-bond donors (Lipinski definition) is 6. The van der Waals surface area contributed by atoms with Gasteiger partial charge in [0.15, 0.2) is 0 Å². The maximum atomic E-state index is 13.0. The predicted octanol–water partition coefficient (Wildman–Crippen LogP) is -1.25. The summed E-state index contributed by atoms with van der Waals surface area (Å²) in [7, 11) is 0. The lowest BCUT2D eigenvalue weighted by Gasteiger charge is -2.24. The molecule has 0 saturated heterocycles. The van der Waals surface area contributed by atoms with Gasteiger partial charge in [-0.2, -0.15) is 11.8 Å². The van der Waals surface area contributed by atoms with Crippen molar-refractivity contribution < 1.29 is 29.1 Å². The standard InChI is InChI=1S/C21H31N5O6S/c1-33-10-9-14(22)19(30)25-15(7-8-17(23)27)21(32)26-16(20(31)24-12-18(28)29)11-13-5-3-2-4-6-13/h2-6,14-16H,7-12,22H2,1H3,(H2,23,27)(H,24,31)(H,25,30)(H,26,32)(H,28,29). The number of aliphatic carboxylic acids is 1. The second kappa shape index (κ2) is 14.9. The highest BCUT2D eigenvalue weighted by Gasteiger charge is 2.28. The summed E-state index contributed by atoms with van der Waals surface area (Å²) in [6, 6.07) is 5.69. The van der Waals surface area contributed by atoms with Gasteiger partial charge in [-0.15, -0.1) is 0 Å². The highest BCUT2D eigenvalue weighted by Crippen LogP contribution is 2.06. The number of carboxylic acids is 1. The van der Waals surface area contributed by atoms with Crippen LogP contribution in [0.15, 0.2) is 30.3 Å². The van der Waals surface area contributed by atoms with E-state index in [0.717, 1.165) is 5.56 Å². The Morgan fingerprint density at radius 2 is 1.61 bits per heavy atom. The molecule has 4 amide bonds. The van der Waals surface area contributed by atoms with E-state index in [2.05, 4.69) is 16.0 Å². The van der Waals surface area contributed by atoms with Crippen LogP contribution in [0.25, 0.3) is 0 Å². The Labute approximate surface area is 196 Å². The third-order valence-corrected chi connectivity index (χ3v) is 5.26. The summed E-state index contributed by atoms with van der Waals surface area (Å²) in [4.78, 5) is 60.0. The Morgan fingerprint density at radius 3 is 2.18 bits per heavy atom. The van der Waals surface area contributed by atoms with Crippen molar-refractivity contribution in [2.75, 3.05) is 18.6 Å². The number of amides is 4. The molecule has 1 rings (SSSR count). The van der Waals surface area contributed by atoms with Crippen molar-refractivity contribution in [2.45, 2.75) is 43.8 Å². The van der Waals surface area contributed by atoms with Crippen molar-refractivity contribution in [1.82, 2.24) is 16.0 Å². The third-order valence-electron chi connectivity index (χ3n) is 4.61. The number of nitrogens with one attached hydrogen (secondary N) is 3. The van der Waals surface area contributed by atoms with Crippen LogP contribution in [-0.2, 0) is 30.4 Å². The average Bonchev–Trinajstić information content (AvgIpc) is 2.78. The summed E-state index contributed by atoms with van der Waals surface area (Å²) >= 11 is 1.52. The summed E-state index contributed by atoms with van der Waals surface area (Å²) in [5, 5.41) is 16.1. The van der Waals surface area contributed by atoms with Gasteiger partial charge in [0.05, 0.1) is 6.04 Å². The van der Waals surface area contributed by atoms with Gasteiger partial charge in [-0.25, -0.2) is 0 Å². The van der Waals surface area contributed by atoms with Gasteiger partial charge < -0.3 is 32.5 Å². The highest BCUT2D eigenvalue weighted by molar-refractivity contribution is 7.98. The van der Waals surface area contributed by atoms with Gasteiger partial charge in [0.1, 0.15) is 18.6 Å². The van der Waals surface area contributed by atoms with E-state index < -0.39 is 54.3 Å². The zero-order chi connectivity index (χ0) is 24.8. The molecule has 3 atom stereocenters.